The summed E-state index contributed by atoms with van der Waals surface area (Å²) in [5, 5.41) is 1.02. The van der Waals surface area contributed by atoms with Crippen LogP contribution in [-0.4, -0.2) is 59.5 Å². The number of piperazine rings is 1. The zero-order chi connectivity index (χ0) is 27.7. The molecule has 1 aliphatic rings. The summed E-state index contributed by atoms with van der Waals surface area (Å²) < 4.78 is 35.5. The molecule has 10 heteroatoms. The maximum atomic E-state index is 13.8. The van der Waals surface area contributed by atoms with Gasteiger partial charge in [-0.25, -0.2) is 13.4 Å². The Balaban J connectivity index is 1.48. The van der Waals surface area contributed by atoms with E-state index in [1.165, 1.54) is 16.4 Å². The summed E-state index contributed by atoms with van der Waals surface area (Å²) >= 11 is 5.96. The lowest BCUT2D eigenvalue weighted by Gasteiger charge is -2.41. The Kier molecular flexibility index (Phi) is 7.77. The van der Waals surface area contributed by atoms with E-state index in [1.54, 1.807) is 22.8 Å². The van der Waals surface area contributed by atoms with Gasteiger partial charge in [-0.3, -0.25) is 14.3 Å². The maximum absolute atomic E-state index is 13.8. The first kappa shape index (κ1) is 27.3. The third-order valence-corrected chi connectivity index (χ3v) is 9.43. The van der Waals surface area contributed by atoms with Gasteiger partial charge >= 0.3 is 0 Å². The highest BCUT2D eigenvalue weighted by molar-refractivity contribution is 7.89. The quantitative estimate of drug-likeness (QED) is 0.316. The van der Waals surface area contributed by atoms with Crippen LogP contribution in [-0.2, 0) is 10.0 Å². The lowest BCUT2D eigenvalue weighted by Crippen LogP contribution is -2.54. The zero-order valence-electron chi connectivity index (χ0n) is 22.1. The Morgan fingerprint density at radius 3 is 2.38 bits per heavy atom. The van der Waals surface area contributed by atoms with Crippen LogP contribution in [0, 0.1) is 0 Å². The molecule has 0 bridgehead atoms. The van der Waals surface area contributed by atoms with Gasteiger partial charge in [0.15, 0.2) is 0 Å². The molecule has 1 aromatic heterocycles. The molecule has 0 N–H and O–H groups in total. The Morgan fingerprint density at radius 1 is 1.03 bits per heavy atom. The number of hydrogen-bond donors (Lipinski definition) is 0. The van der Waals surface area contributed by atoms with E-state index >= 15 is 0 Å². The van der Waals surface area contributed by atoms with Gasteiger partial charge in [0, 0.05) is 30.7 Å². The van der Waals surface area contributed by atoms with Gasteiger partial charge in [0.25, 0.3) is 5.56 Å². The van der Waals surface area contributed by atoms with E-state index in [4.69, 9.17) is 21.3 Å². The lowest BCUT2D eigenvalue weighted by molar-refractivity contribution is 0.104. The second-order valence-electron chi connectivity index (χ2n) is 9.64. The van der Waals surface area contributed by atoms with Crippen LogP contribution in [0.1, 0.15) is 32.6 Å². The molecule has 0 spiro atoms. The van der Waals surface area contributed by atoms with Crippen molar-refractivity contribution in [2.45, 2.75) is 37.8 Å². The average Bonchev–Trinajstić information content (AvgIpc) is 2.93. The van der Waals surface area contributed by atoms with Crippen molar-refractivity contribution >= 4 is 32.5 Å². The number of hydrogen-bond acceptors (Lipinski definition) is 6. The molecule has 204 valence electrons. The van der Waals surface area contributed by atoms with Crippen LogP contribution >= 0.6 is 11.6 Å². The van der Waals surface area contributed by atoms with Crippen molar-refractivity contribution in [3.8, 4) is 11.4 Å². The number of nitrogens with zero attached hydrogens (tertiary/aromatic N) is 4. The summed E-state index contributed by atoms with van der Waals surface area (Å²) in [6.45, 7) is 7.68. The molecular formula is C29H31ClN4O4S. The third kappa shape index (κ3) is 5.32. The summed E-state index contributed by atoms with van der Waals surface area (Å²) in [6.07, 6.45) is 0. The molecule has 2 atom stereocenters. The van der Waals surface area contributed by atoms with Crippen molar-refractivity contribution < 1.29 is 13.2 Å². The van der Waals surface area contributed by atoms with Crippen LogP contribution in [0.3, 0.4) is 0 Å². The number of sulfonamides is 1. The summed E-state index contributed by atoms with van der Waals surface area (Å²) in [5.74, 6) is 1.33. The fraction of sp³-hybridized carbons (Fsp3) is 0.310. The van der Waals surface area contributed by atoms with E-state index in [0.29, 0.717) is 53.7 Å². The van der Waals surface area contributed by atoms with Crippen LogP contribution in [0.2, 0.25) is 5.02 Å². The first-order valence-electron chi connectivity index (χ1n) is 13.0. The van der Waals surface area contributed by atoms with Crippen molar-refractivity contribution in [2.24, 2.45) is 0 Å². The maximum Gasteiger partial charge on any atom is 0.266 e. The third-order valence-electron chi connectivity index (χ3n) is 7.15. The molecule has 0 aliphatic carbocycles. The van der Waals surface area contributed by atoms with E-state index in [9.17, 15) is 13.2 Å². The second kappa shape index (κ2) is 11.1. The van der Waals surface area contributed by atoms with E-state index in [2.05, 4.69) is 4.90 Å². The first-order chi connectivity index (χ1) is 18.7. The predicted octanol–water partition coefficient (Wildman–Crippen LogP) is 4.89. The molecule has 1 fully saturated rings. The largest absolute Gasteiger partial charge is 0.494 e. The first-order valence-corrected chi connectivity index (χ1v) is 14.8. The monoisotopic (exact) mass is 566 g/mol. The number of fused-ring (bicyclic) bond motifs is 1. The summed E-state index contributed by atoms with van der Waals surface area (Å²) in [7, 11) is -3.67. The van der Waals surface area contributed by atoms with Crippen LogP contribution in [0.5, 0.6) is 5.75 Å². The number of rotatable bonds is 7. The second-order valence-corrected chi connectivity index (χ2v) is 12.0. The Labute approximate surface area is 233 Å². The molecule has 5 rings (SSSR count). The Morgan fingerprint density at radius 2 is 1.72 bits per heavy atom. The molecular weight excluding hydrogens is 536 g/mol. The van der Waals surface area contributed by atoms with Crippen LogP contribution < -0.4 is 10.3 Å². The number of halogens is 1. The highest BCUT2D eigenvalue weighted by Crippen LogP contribution is 2.29. The highest BCUT2D eigenvalue weighted by atomic mass is 35.5. The van der Waals surface area contributed by atoms with Crippen LogP contribution in [0.4, 0.5) is 0 Å². The lowest BCUT2D eigenvalue weighted by atomic mass is 10.1. The van der Waals surface area contributed by atoms with Crippen molar-refractivity contribution in [3.63, 3.8) is 0 Å². The fourth-order valence-corrected chi connectivity index (χ4v) is 6.86. The van der Waals surface area contributed by atoms with E-state index in [-0.39, 0.29) is 22.5 Å². The van der Waals surface area contributed by atoms with Crippen molar-refractivity contribution in [3.05, 3.63) is 94.0 Å². The van der Waals surface area contributed by atoms with Gasteiger partial charge in [-0.05, 0) is 81.4 Å². The molecule has 3 aromatic carbocycles. The van der Waals surface area contributed by atoms with Gasteiger partial charge in [0.1, 0.15) is 11.6 Å². The molecule has 2 heterocycles. The number of aromatic nitrogens is 2. The van der Waals surface area contributed by atoms with E-state index in [0.717, 1.165) is 5.75 Å². The predicted molar refractivity (Wildman–Crippen MR) is 153 cm³/mol. The summed E-state index contributed by atoms with van der Waals surface area (Å²) in [4.78, 5) is 21.1. The van der Waals surface area contributed by atoms with Gasteiger partial charge in [-0.2, -0.15) is 4.31 Å². The minimum Gasteiger partial charge on any atom is -0.494 e. The molecule has 0 radical (unpaired) electrons. The Hall–Kier alpha value is -3.24. The number of para-hydroxylation sites is 1. The SMILES string of the molecule is CCOc1ccc(-n2c([C@H](C)N3CCN(S(=O)(=O)c4ccc(Cl)cc4)[C@H](C)C3)nc3ccccc3c2=O)cc1. The summed E-state index contributed by atoms with van der Waals surface area (Å²) in [5.41, 5.74) is 1.17. The van der Waals surface area contributed by atoms with E-state index < -0.39 is 10.0 Å². The zero-order valence-corrected chi connectivity index (χ0v) is 23.7. The minimum absolute atomic E-state index is 0.149. The minimum atomic E-state index is -3.67. The smallest absolute Gasteiger partial charge is 0.266 e. The van der Waals surface area contributed by atoms with Crippen molar-refractivity contribution in [2.75, 3.05) is 26.2 Å². The van der Waals surface area contributed by atoms with Gasteiger partial charge in [-0.1, -0.05) is 23.7 Å². The summed E-state index contributed by atoms with van der Waals surface area (Å²) in [6, 6.07) is 20.4. The fourth-order valence-electron chi connectivity index (χ4n) is 5.12. The number of ether oxygens (including phenoxy) is 1. The van der Waals surface area contributed by atoms with Crippen molar-refractivity contribution in [1.29, 1.82) is 0 Å². The van der Waals surface area contributed by atoms with Gasteiger partial charge in [-0.15, -0.1) is 0 Å². The van der Waals surface area contributed by atoms with Gasteiger partial charge in [0.05, 0.1) is 34.1 Å². The van der Waals surface area contributed by atoms with Crippen LogP contribution in [0.15, 0.2) is 82.5 Å². The molecule has 1 saturated heterocycles. The van der Waals surface area contributed by atoms with E-state index in [1.807, 2.05) is 63.2 Å². The molecule has 0 amide bonds. The Bertz CT molecular complexity index is 1640. The highest BCUT2D eigenvalue weighted by Gasteiger charge is 2.36. The molecule has 1 aliphatic heterocycles. The molecule has 0 unspecified atom stereocenters. The molecule has 0 saturated carbocycles. The average molecular weight is 567 g/mol. The van der Waals surface area contributed by atoms with Crippen LogP contribution in [0.25, 0.3) is 16.6 Å². The van der Waals surface area contributed by atoms with Gasteiger partial charge < -0.3 is 4.74 Å². The molecule has 4 aromatic rings. The normalized spacial score (nSPS) is 17.8. The molecule has 8 nitrogen and oxygen atoms in total. The van der Waals surface area contributed by atoms with Gasteiger partial charge in [0.2, 0.25) is 10.0 Å². The standard InChI is InChI=1S/C29H31ClN4O4S/c1-4-38-24-13-11-23(12-14-24)34-28(31-27-8-6-5-7-26(27)29(34)35)21(3)32-17-18-33(20(2)19-32)39(36,37)25-15-9-22(30)10-16-25/h5-16,20-21H,4,17-19H2,1-3H3/t20-,21+/m1/s1. The molecule has 39 heavy (non-hydrogen) atoms. The number of benzene rings is 3. The van der Waals surface area contributed by atoms with Crippen molar-refractivity contribution in [1.82, 2.24) is 18.8 Å². The topological polar surface area (TPSA) is 84.7 Å².